The highest BCUT2D eigenvalue weighted by atomic mass is 19.4. The number of nitrogens with zero attached hydrogens (tertiary/aromatic N) is 2. The van der Waals surface area contributed by atoms with Crippen molar-refractivity contribution in [3.05, 3.63) is 60.2 Å². The second-order valence-electron chi connectivity index (χ2n) is 8.26. The van der Waals surface area contributed by atoms with Crippen LogP contribution in [0.2, 0.25) is 0 Å². The number of alkyl halides is 3. The standard InChI is InChI=1S/C23H26F3N5O3/c24-23(25,26)34-18-8-6-17(7-9-18)27-21(32)15-30-10-12-31(13-11-30)22(33)20-14-19(28-29-20)16-4-2-1-3-5-16/h1-9,19-20,28-29H,10-15H2,(H,27,32). The van der Waals surface area contributed by atoms with E-state index in [4.69, 9.17) is 0 Å². The molecular formula is C23H26F3N5O3. The second kappa shape index (κ2) is 10.4. The minimum atomic E-state index is -4.76. The molecule has 2 aliphatic rings. The summed E-state index contributed by atoms with van der Waals surface area (Å²) in [5.41, 5.74) is 7.79. The van der Waals surface area contributed by atoms with Crippen LogP contribution in [-0.2, 0) is 9.59 Å². The first-order valence-corrected chi connectivity index (χ1v) is 11.0. The Labute approximate surface area is 195 Å². The van der Waals surface area contributed by atoms with Gasteiger partial charge in [-0.3, -0.25) is 14.5 Å². The van der Waals surface area contributed by atoms with E-state index in [9.17, 15) is 22.8 Å². The van der Waals surface area contributed by atoms with Crippen LogP contribution < -0.4 is 20.9 Å². The molecule has 0 radical (unpaired) electrons. The highest BCUT2D eigenvalue weighted by Crippen LogP contribution is 2.24. The first kappa shape index (κ1) is 24.0. The van der Waals surface area contributed by atoms with E-state index in [1.54, 1.807) is 4.90 Å². The molecule has 2 amide bonds. The minimum absolute atomic E-state index is 0.0381. The average molecular weight is 477 g/mol. The lowest BCUT2D eigenvalue weighted by Crippen LogP contribution is -2.54. The van der Waals surface area contributed by atoms with Crippen LogP contribution in [0.4, 0.5) is 18.9 Å². The zero-order chi connectivity index (χ0) is 24.1. The van der Waals surface area contributed by atoms with Crippen molar-refractivity contribution < 1.29 is 27.5 Å². The molecule has 34 heavy (non-hydrogen) atoms. The Morgan fingerprint density at radius 3 is 2.29 bits per heavy atom. The van der Waals surface area contributed by atoms with Crippen molar-refractivity contribution in [1.82, 2.24) is 20.7 Å². The van der Waals surface area contributed by atoms with Gasteiger partial charge in [-0.15, -0.1) is 13.2 Å². The summed E-state index contributed by atoms with van der Waals surface area (Å²) < 4.78 is 40.5. The fourth-order valence-corrected chi connectivity index (χ4v) is 4.11. The number of anilines is 1. The molecule has 0 aromatic heterocycles. The summed E-state index contributed by atoms with van der Waals surface area (Å²) in [6.07, 6.45) is -4.10. The molecule has 0 bridgehead atoms. The molecule has 2 aliphatic heterocycles. The Bertz CT molecular complexity index is 980. The van der Waals surface area contributed by atoms with E-state index in [2.05, 4.69) is 20.9 Å². The number of halogens is 3. The third kappa shape index (κ3) is 6.46. The number of piperazine rings is 1. The Balaban J connectivity index is 1.19. The van der Waals surface area contributed by atoms with Crippen LogP contribution in [0.3, 0.4) is 0 Å². The van der Waals surface area contributed by atoms with Crippen LogP contribution in [0.25, 0.3) is 0 Å². The van der Waals surface area contributed by atoms with Gasteiger partial charge in [-0.2, -0.15) is 0 Å². The minimum Gasteiger partial charge on any atom is -0.406 e. The molecule has 2 atom stereocenters. The average Bonchev–Trinajstić information content (AvgIpc) is 3.30. The predicted molar refractivity (Wildman–Crippen MR) is 119 cm³/mol. The van der Waals surface area contributed by atoms with Crippen LogP contribution in [0.15, 0.2) is 54.6 Å². The van der Waals surface area contributed by atoms with Crippen molar-refractivity contribution in [3.8, 4) is 5.75 Å². The number of rotatable bonds is 6. The van der Waals surface area contributed by atoms with Gasteiger partial charge >= 0.3 is 6.36 Å². The summed E-state index contributed by atoms with van der Waals surface area (Å²) in [6.45, 7) is 2.27. The summed E-state index contributed by atoms with van der Waals surface area (Å²) in [4.78, 5) is 29.0. The topological polar surface area (TPSA) is 85.9 Å². The van der Waals surface area contributed by atoms with E-state index in [1.807, 2.05) is 35.2 Å². The van der Waals surface area contributed by atoms with E-state index < -0.39 is 6.36 Å². The van der Waals surface area contributed by atoms with Gasteiger partial charge in [0.2, 0.25) is 11.8 Å². The van der Waals surface area contributed by atoms with E-state index in [0.717, 1.165) is 17.7 Å². The van der Waals surface area contributed by atoms with E-state index in [0.29, 0.717) is 38.3 Å². The number of carbonyl (C=O) groups excluding carboxylic acids is 2. The van der Waals surface area contributed by atoms with Gasteiger partial charge in [-0.1, -0.05) is 30.3 Å². The summed E-state index contributed by atoms with van der Waals surface area (Å²) >= 11 is 0. The van der Waals surface area contributed by atoms with Crippen molar-refractivity contribution in [2.24, 2.45) is 0 Å². The van der Waals surface area contributed by atoms with Crippen molar-refractivity contribution in [3.63, 3.8) is 0 Å². The zero-order valence-corrected chi connectivity index (χ0v) is 18.3. The number of nitrogens with one attached hydrogen (secondary N) is 3. The smallest absolute Gasteiger partial charge is 0.406 e. The van der Waals surface area contributed by atoms with Crippen molar-refractivity contribution >= 4 is 17.5 Å². The normalized spacial score (nSPS) is 21.3. The van der Waals surface area contributed by atoms with Crippen LogP contribution in [0, 0.1) is 0 Å². The van der Waals surface area contributed by atoms with Crippen LogP contribution in [0.5, 0.6) is 5.75 Å². The lowest BCUT2D eigenvalue weighted by atomic mass is 10.0. The van der Waals surface area contributed by atoms with Gasteiger partial charge < -0.3 is 15.0 Å². The Morgan fingerprint density at radius 1 is 0.971 bits per heavy atom. The Hall–Kier alpha value is -3.15. The van der Waals surface area contributed by atoms with E-state index in [1.165, 1.54) is 12.1 Å². The molecule has 2 aromatic carbocycles. The third-order valence-electron chi connectivity index (χ3n) is 5.83. The van der Waals surface area contributed by atoms with Gasteiger partial charge in [-0.25, -0.2) is 10.9 Å². The molecule has 2 aromatic rings. The number of hydrogen-bond acceptors (Lipinski definition) is 6. The van der Waals surface area contributed by atoms with Gasteiger partial charge in [0.25, 0.3) is 0 Å². The van der Waals surface area contributed by atoms with E-state index >= 15 is 0 Å². The first-order valence-electron chi connectivity index (χ1n) is 11.0. The second-order valence-corrected chi connectivity index (χ2v) is 8.26. The van der Waals surface area contributed by atoms with Crippen molar-refractivity contribution in [2.45, 2.75) is 24.9 Å². The number of amides is 2. The highest BCUT2D eigenvalue weighted by molar-refractivity contribution is 5.92. The molecule has 11 heteroatoms. The maximum Gasteiger partial charge on any atom is 0.573 e. The van der Waals surface area contributed by atoms with E-state index in [-0.39, 0.29) is 36.2 Å². The molecule has 8 nitrogen and oxygen atoms in total. The lowest BCUT2D eigenvalue weighted by Gasteiger charge is -2.35. The summed E-state index contributed by atoms with van der Waals surface area (Å²) in [6, 6.07) is 14.7. The predicted octanol–water partition coefficient (Wildman–Crippen LogP) is 2.28. The Kier molecular flexibility index (Phi) is 7.35. The maximum absolute atomic E-state index is 12.9. The molecule has 2 saturated heterocycles. The zero-order valence-electron chi connectivity index (χ0n) is 18.3. The van der Waals surface area contributed by atoms with Gasteiger partial charge in [0.05, 0.1) is 6.54 Å². The molecule has 2 heterocycles. The Morgan fingerprint density at radius 2 is 1.65 bits per heavy atom. The summed E-state index contributed by atoms with van der Waals surface area (Å²) in [5.74, 6) is -0.596. The summed E-state index contributed by atoms with van der Waals surface area (Å²) in [5, 5.41) is 2.66. The molecule has 2 fully saturated rings. The van der Waals surface area contributed by atoms with Crippen LogP contribution >= 0.6 is 0 Å². The van der Waals surface area contributed by atoms with Crippen LogP contribution in [-0.4, -0.2) is 66.7 Å². The number of benzene rings is 2. The van der Waals surface area contributed by atoms with Gasteiger partial charge in [0, 0.05) is 37.9 Å². The molecule has 4 rings (SSSR count). The molecule has 182 valence electrons. The number of hydrazine groups is 1. The molecule has 0 saturated carbocycles. The number of hydrogen-bond donors (Lipinski definition) is 3. The number of carbonyl (C=O) groups is 2. The van der Waals surface area contributed by atoms with Crippen molar-refractivity contribution in [1.29, 1.82) is 0 Å². The molecule has 0 aliphatic carbocycles. The fourth-order valence-electron chi connectivity index (χ4n) is 4.11. The fraction of sp³-hybridized carbons (Fsp3) is 0.391. The largest absolute Gasteiger partial charge is 0.573 e. The van der Waals surface area contributed by atoms with Crippen LogP contribution in [0.1, 0.15) is 18.0 Å². The number of ether oxygens (including phenoxy) is 1. The highest BCUT2D eigenvalue weighted by Gasteiger charge is 2.34. The van der Waals surface area contributed by atoms with Gasteiger partial charge in [0.1, 0.15) is 11.8 Å². The summed E-state index contributed by atoms with van der Waals surface area (Å²) in [7, 11) is 0. The third-order valence-corrected chi connectivity index (χ3v) is 5.83. The molecule has 0 spiro atoms. The molecular weight excluding hydrogens is 451 g/mol. The first-order chi connectivity index (χ1) is 16.3. The molecule has 3 N–H and O–H groups in total. The SMILES string of the molecule is O=C(CN1CCN(C(=O)C2CC(c3ccccc3)NN2)CC1)Nc1ccc(OC(F)(F)F)cc1. The maximum atomic E-state index is 12.9. The molecule has 2 unspecified atom stereocenters. The van der Waals surface area contributed by atoms with Crippen molar-refractivity contribution in [2.75, 3.05) is 38.0 Å². The quantitative estimate of drug-likeness (QED) is 0.592. The van der Waals surface area contributed by atoms with Gasteiger partial charge in [0.15, 0.2) is 0 Å². The lowest BCUT2D eigenvalue weighted by molar-refractivity contribution is -0.274. The monoisotopic (exact) mass is 477 g/mol. The van der Waals surface area contributed by atoms with Gasteiger partial charge in [-0.05, 0) is 36.2 Å².